The molecule has 0 radical (unpaired) electrons. The van der Waals surface area contributed by atoms with Gasteiger partial charge < -0.3 is 27.9 Å². The summed E-state index contributed by atoms with van der Waals surface area (Å²) in [5.41, 5.74) is 0. The van der Waals surface area contributed by atoms with Gasteiger partial charge in [0.05, 0.1) is 27.7 Å². The highest BCUT2D eigenvalue weighted by Crippen LogP contribution is 2.38. The quantitative estimate of drug-likeness (QED) is 0.0195. The average Bonchev–Trinajstić information content (AvgIpc) is 3.38. The number of carbonyl (C=O) groups is 2. The number of unbranched alkanes of at least 4 members (excludes halogenated alkanes) is 17. The summed E-state index contributed by atoms with van der Waals surface area (Å²) in [5.74, 6) is -0.866. The molecule has 0 aromatic carbocycles. The molecule has 0 fully saturated rings. The van der Waals surface area contributed by atoms with E-state index in [2.05, 4.69) is 148 Å². The number of ether oxygens (including phenoxy) is 2. The third-order valence-electron chi connectivity index (χ3n) is 12.2. The van der Waals surface area contributed by atoms with Gasteiger partial charge >= 0.3 is 11.9 Å². The highest BCUT2D eigenvalue weighted by molar-refractivity contribution is 7.45. The van der Waals surface area contributed by atoms with E-state index in [9.17, 15) is 19.0 Å². The van der Waals surface area contributed by atoms with Gasteiger partial charge in [-0.15, -0.1) is 0 Å². The number of hydrogen-bond acceptors (Lipinski definition) is 8. The maximum Gasteiger partial charge on any atom is 0.306 e. The van der Waals surface area contributed by atoms with Crippen molar-refractivity contribution in [2.45, 2.75) is 225 Å². The van der Waals surface area contributed by atoms with Crippen molar-refractivity contribution in [2.75, 3.05) is 47.5 Å². The summed E-state index contributed by atoms with van der Waals surface area (Å²) >= 11 is 0. The van der Waals surface area contributed by atoms with Gasteiger partial charge in [-0.05, 0) is 116 Å². The molecule has 0 N–H and O–H groups in total. The molecular formula is C66H110NO8P. The predicted molar refractivity (Wildman–Crippen MR) is 323 cm³/mol. The topological polar surface area (TPSA) is 111 Å². The lowest BCUT2D eigenvalue weighted by Gasteiger charge is -2.28. The molecule has 0 saturated carbocycles. The second-order valence-corrected chi connectivity index (χ2v) is 22.0. The number of phosphoric acid groups is 1. The first kappa shape index (κ1) is 72.2. The van der Waals surface area contributed by atoms with Crippen LogP contribution in [0.25, 0.3) is 0 Å². The van der Waals surface area contributed by atoms with E-state index >= 15 is 0 Å². The highest BCUT2D eigenvalue weighted by atomic mass is 31.2. The van der Waals surface area contributed by atoms with Crippen LogP contribution in [-0.4, -0.2) is 70.0 Å². The van der Waals surface area contributed by atoms with Gasteiger partial charge in [-0.1, -0.05) is 225 Å². The van der Waals surface area contributed by atoms with Gasteiger partial charge in [-0.2, -0.15) is 0 Å². The Kier molecular flexibility index (Phi) is 53.1. The minimum Gasteiger partial charge on any atom is -0.756 e. The van der Waals surface area contributed by atoms with Crippen LogP contribution in [0.4, 0.5) is 0 Å². The summed E-state index contributed by atoms with van der Waals surface area (Å²) < 4.78 is 34.1. The standard InChI is InChI=1S/C66H110NO8P/c1-6-8-10-12-14-16-18-20-22-24-26-27-28-29-30-31-32-33-34-35-36-37-38-39-41-43-45-47-49-51-53-55-57-59-66(69)75-64(63-74-76(70,71)73-61-60-67(3,4)5)62-72-65(68)58-56-54-52-50-48-46-44-42-40-25-23-21-19-17-15-13-11-9-7-2/h8,10,14-17,20-23,26-27,29-30,32-33,35-36,38-40,42,64H,6-7,9,11-13,18-19,24-25,28,31,34,37,41,43-63H2,1-5H3/b10-8-,16-14-,17-15-,22-20-,23-21-,27-26-,30-29-,33-32-,36-35-,39-38-,42-40-. The Labute approximate surface area is 466 Å². The molecular weight excluding hydrogens is 966 g/mol. The van der Waals surface area contributed by atoms with Crippen LogP contribution in [-0.2, 0) is 32.7 Å². The lowest BCUT2D eigenvalue weighted by molar-refractivity contribution is -0.870. The SMILES string of the molecule is CC/C=C\C/C=C\C/C=C\C/C=C\C/C=C\C/C=C\C/C=C\C/C=C\CCCCCCCCCCC(=O)OC(COC(=O)CCCCCCCC/C=C\C/C=C\C/C=C\CCCCC)COP(=O)([O-])OCC[N+](C)(C)C. The summed E-state index contributed by atoms with van der Waals surface area (Å²) in [6.07, 6.45) is 80.6. The summed E-state index contributed by atoms with van der Waals surface area (Å²) in [7, 11) is 1.13. The predicted octanol–water partition coefficient (Wildman–Crippen LogP) is 18.3. The molecule has 0 aliphatic carbocycles. The Bertz CT molecular complexity index is 1740. The first-order valence-electron chi connectivity index (χ1n) is 29.9. The normalized spacial score (nSPS) is 14.2. The Morgan fingerprint density at radius 1 is 0.421 bits per heavy atom. The summed E-state index contributed by atoms with van der Waals surface area (Å²) in [5, 5.41) is 0. The number of hydrogen-bond donors (Lipinski definition) is 0. The van der Waals surface area contributed by atoms with Gasteiger partial charge in [0.15, 0.2) is 6.10 Å². The van der Waals surface area contributed by atoms with Crippen molar-refractivity contribution in [3.8, 4) is 0 Å². The third kappa shape index (κ3) is 59.4. The Morgan fingerprint density at radius 2 is 0.750 bits per heavy atom. The zero-order chi connectivity index (χ0) is 55.6. The number of quaternary nitrogens is 1. The highest BCUT2D eigenvalue weighted by Gasteiger charge is 2.21. The molecule has 10 heteroatoms. The Hall–Kier alpha value is -3.85. The number of likely N-dealkylation sites (N-methyl/N-ethyl adjacent to an activating group) is 1. The van der Waals surface area contributed by atoms with E-state index in [1.165, 1.54) is 51.4 Å². The van der Waals surface area contributed by atoms with Gasteiger partial charge in [0.25, 0.3) is 7.82 Å². The van der Waals surface area contributed by atoms with E-state index in [0.717, 1.165) is 128 Å². The Balaban J connectivity index is 4.22. The van der Waals surface area contributed by atoms with Crippen LogP contribution in [0.15, 0.2) is 134 Å². The van der Waals surface area contributed by atoms with Crippen molar-refractivity contribution in [1.82, 2.24) is 0 Å². The molecule has 2 atom stereocenters. The number of carbonyl (C=O) groups excluding carboxylic acids is 2. The third-order valence-corrected chi connectivity index (χ3v) is 13.1. The number of rotatable bonds is 53. The Morgan fingerprint density at radius 3 is 1.12 bits per heavy atom. The minimum atomic E-state index is -4.65. The van der Waals surface area contributed by atoms with E-state index in [4.69, 9.17) is 18.5 Å². The van der Waals surface area contributed by atoms with Crippen LogP contribution in [0.2, 0.25) is 0 Å². The zero-order valence-electron chi connectivity index (χ0n) is 48.9. The lowest BCUT2D eigenvalue weighted by atomic mass is 10.1. The smallest absolute Gasteiger partial charge is 0.306 e. The van der Waals surface area contributed by atoms with Crippen molar-refractivity contribution in [2.24, 2.45) is 0 Å². The molecule has 76 heavy (non-hydrogen) atoms. The molecule has 2 unspecified atom stereocenters. The molecule has 0 heterocycles. The first-order valence-corrected chi connectivity index (χ1v) is 31.4. The molecule has 0 bridgehead atoms. The molecule has 0 aliphatic heterocycles. The van der Waals surface area contributed by atoms with Crippen molar-refractivity contribution >= 4 is 19.8 Å². The van der Waals surface area contributed by atoms with E-state index in [-0.39, 0.29) is 26.1 Å². The van der Waals surface area contributed by atoms with Crippen molar-refractivity contribution < 1.29 is 42.1 Å². The van der Waals surface area contributed by atoms with Gasteiger partial charge in [-0.25, -0.2) is 0 Å². The molecule has 0 amide bonds. The van der Waals surface area contributed by atoms with Crippen LogP contribution < -0.4 is 4.89 Å². The first-order chi connectivity index (χ1) is 37.0. The van der Waals surface area contributed by atoms with Gasteiger partial charge in [0.2, 0.25) is 0 Å². The van der Waals surface area contributed by atoms with E-state index < -0.39 is 32.5 Å². The van der Waals surface area contributed by atoms with Gasteiger partial charge in [-0.3, -0.25) is 14.2 Å². The molecule has 0 aromatic rings. The van der Waals surface area contributed by atoms with Crippen LogP contribution >= 0.6 is 7.82 Å². The average molecular weight is 1080 g/mol. The number of phosphoric ester groups is 1. The maximum absolute atomic E-state index is 12.8. The van der Waals surface area contributed by atoms with Crippen molar-refractivity contribution in [1.29, 1.82) is 0 Å². The molecule has 0 aromatic heterocycles. The summed E-state index contributed by atoms with van der Waals surface area (Å²) in [4.78, 5) is 37.9. The van der Waals surface area contributed by atoms with Crippen LogP contribution in [0.5, 0.6) is 0 Å². The second-order valence-electron chi connectivity index (χ2n) is 20.6. The lowest BCUT2D eigenvalue weighted by Crippen LogP contribution is -2.37. The number of esters is 2. The number of nitrogens with zero attached hydrogens (tertiary/aromatic N) is 1. The van der Waals surface area contributed by atoms with Crippen molar-refractivity contribution in [3.63, 3.8) is 0 Å². The van der Waals surface area contributed by atoms with E-state index in [0.29, 0.717) is 23.9 Å². The van der Waals surface area contributed by atoms with Crippen LogP contribution in [0.3, 0.4) is 0 Å². The molecule has 0 saturated heterocycles. The van der Waals surface area contributed by atoms with E-state index in [1.807, 2.05) is 21.1 Å². The monoisotopic (exact) mass is 1080 g/mol. The molecule has 432 valence electrons. The molecule has 0 spiro atoms. The molecule has 9 nitrogen and oxygen atoms in total. The minimum absolute atomic E-state index is 0.0422. The molecule has 0 aliphatic rings. The van der Waals surface area contributed by atoms with Crippen LogP contribution in [0.1, 0.15) is 219 Å². The van der Waals surface area contributed by atoms with Crippen molar-refractivity contribution in [3.05, 3.63) is 134 Å². The second kappa shape index (κ2) is 55.9. The van der Waals surface area contributed by atoms with E-state index in [1.54, 1.807) is 0 Å². The van der Waals surface area contributed by atoms with Crippen LogP contribution in [0, 0.1) is 0 Å². The maximum atomic E-state index is 12.8. The summed E-state index contributed by atoms with van der Waals surface area (Å²) in [6, 6.07) is 0. The fraction of sp³-hybridized carbons (Fsp3) is 0.636. The number of allylic oxidation sites excluding steroid dienone is 22. The summed E-state index contributed by atoms with van der Waals surface area (Å²) in [6.45, 7) is 4.06. The molecule has 0 rings (SSSR count). The van der Waals surface area contributed by atoms with Gasteiger partial charge in [0.1, 0.15) is 19.8 Å². The fourth-order valence-corrected chi connectivity index (χ4v) is 8.29. The fourth-order valence-electron chi connectivity index (χ4n) is 7.56. The van der Waals surface area contributed by atoms with Gasteiger partial charge in [0, 0.05) is 12.8 Å². The largest absolute Gasteiger partial charge is 0.756 e. The zero-order valence-corrected chi connectivity index (χ0v) is 49.8.